The van der Waals surface area contributed by atoms with Gasteiger partial charge in [0, 0.05) is 16.9 Å². The quantitative estimate of drug-likeness (QED) is 0.710. The van der Waals surface area contributed by atoms with Crippen LogP contribution >= 0.6 is 44.3 Å². The Balaban J connectivity index is 0.00000361. The van der Waals surface area contributed by atoms with Gasteiger partial charge in [0.2, 0.25) is 0 Å². The molecule has 0 unspecified atom stereocenters. The zero-order chi connectivity index (χ0) is 14.8. The molecule has 0 aliphatic rings. The Kier molecular flexibility index (Phi) is 7.65. The maximum Gasteiger partial charge on any atom is 0.389 e. The first-order valence-electron chi connectivity index (χ1n) is 5.24. The minimum absolute atomic E-state index is 0. The van der Waals surface area contributed by atoms with Gasteiger partial charge in [0.05, 0.1) is 11.6 Å². The van der Waals surface area contributed by atoms with Crippen LogP contribution in [0.2, 0.25) is 0 Å². The van der Waals surface area contributed by atoms with Crippen molar-refractivity contribution in [3.8, 4) is 11.5 Å². The first kappa shape index (κ1) is 19.8. The van der Waals surface area contributed by atoms with Gasteiger partial charge in [-0.15, -0.1) is 12.4 Å². The minimum atomic E-state index is -4.25. The molecule has 0 fully saturated rings. The van der Waals surface area contributed by atoms with Crippen molar-refractivity contribution in [1.29, 1.82) is 0 Å². The number of phenols is 1. The van der Waals surface area contributed by atoms with Crippen LogP contribution in [-0.4, -0.2) is 18.4 Å². The van der Waals surface area contributed by atoms with E-state index in [0.717, 1.165) is 0 Å². The lowest BCUT2D eigenvalue weighted by molar-refractivity contribution is -0.136. The molecule has 0 radical (unpaired) electrons. The van der Waals surface area contributed by atoms with Crippen LogP contribution in [0.25, 0.3) is 0 Å². The monoisotopic (exact) mass is 441 g/mol. The highest BCUT2D eigenvalue weighted by atomic mass is 79.9. The Morgan fingerprint density at radius 3 is 2.35 bits per heavy atom. The predicted octanol–water partition coefficient (Wildman–Crippen LogP) is 4.69. The fourth-order valence-corrected chi connectivity index (χ4v) is 2.53. The van der Waals surface area contributed by atoms with Gasteiger partial charge in [-0.05, 0) is 49.9 Å². The lowest BCUT2D eigenvalue weighted by atomic mass is 10.0. The topological polar surface area (TPSA) is 55.5 Å². The Morgan fingerprint density at radius 1 is 1.35 bits per heavy atom. The molecule has 0 aromatic heterocycles. The molecule has 1 aromatic rings. The summed E-state index contributed by atoms with van der Waals surface area (Å²) in [7, 11) is 1.35. The molecule has 3 nitrogen and oxygen atoms in total. The smallest absolute Gasteiger partial charge is 0.389 e. The van der Waals surface area contributed by atoms with Crippen LogP contribution in [0.1, 0.15) is 24.4 Å². The predicted molar refractivity (Wildman–Crippen MR) is 79.5 cm³/mol. The second-order valence-electron chi connectivity index (χ2n) is 3.90. The molecular formula is C11H13Br2ClF3NO2. The Hall–Kier alpha value is -0.180. The van der Waals surface area contributed by atoms with E-state index in [1.54, 1.807) is 0 Å². The molecular weight excluding hydrogens is 430 g/mol. The molecule has 0 aliphatic heterocycles. The van der Waals surface area contributed by atoms with Crippen molar-refractivity contribution in [2.45, 2.75) is 25.1 Å². The Labute approximate surface area is 137 Å². The van der Waals surface area contributed by atoms with Gasteiger partial charge in [-0.3, -0.25) is 0 Å². The van der Waals surface area contributed by atoms with E-state index < -0.39 is 18.6 Å². The normalized spacial score (nSPS) is 12.8. The highest BCUT2D eigenvalue weighted by Gasteiger charge is 2.29. The van der Waals surface area contributed by atoms with E-state index in [1.807, 2.05) is 0 Å². The first-order valence-corrected chi connectivity index (χ1v) is 6.83. The number of alkyl halides is 3. The van der Waals surface area contributed by atoms with Crippen LogP contribution in [0.4, 0.5) is 13.2 Å². The molecule has 0 saturated carbocycles. The summed E-state index contributed by atoms with van der Waals surface area (Å²) < 4.78 is 42.2. The lowest BCUT2D eigenvalue weighted by Gasteiger charge is -2.18. The Morgan fingerprint density at radius 2 is 1.90 bits per heavy atom. The highest BCUT2D eigenvalue weighted by Crippen LogP contribution is 2.44. The first-order chi connectivity index (χ1) is 8.67. The molecule has 1 aromatic carbocycles. The summed E-state index contributed by atoms with van der Waals surface area (Å²) in [6.45, 7) is 0. The van der Waals surface area contributed by atoms with Gasteiger partial charge >= 0.3 is 6.18 Å². The van der Waals surface area contributed by atoms with E-state index in [0.29, 0.717) is 14.5 Å². The maximum atomic E-state index is 12.2. The minimum Gasteiger partial charge on any atom is -0.503 e. The van der Waals surface area contributed by atoms with Crippen molar-refractivity contribution in [1.82, 2.24) is 0 Å². The molecule has 116 valence electrons. The fraction of sp³-hybridized carbons (Fsp3) is 0.455. The van der Waals surface area contributed by atoms with E-state index in [2.05, 4.69) is 31.9 Å². The number of phenolic OH excluding ortho intramolecular Hbond substituents is 1. The van der Waals surface area contributed by atoms with Crippen LogP contribution in [0.3, 0.4) is 0 Å². The maximum absolute atomic E-state index is 12.2. The number of methoxy groups -OCH3 is 1. The third-order valence-electron chi connectivity index (χ3n) is 2.53. The summed E-state index contributed by atoms with van der Waals surface area (Å²) >= 11 is 6.32. The highest BCUT2D eigenvalue weighted by molar-refractivity contribution is 9.13. The third-order valence-corrected chi connectivity index (χ3v) is 4.69. The summed E-state index contributed by atoms with van der Waals surface area (Å²) in [5.74, 6) is 0.00804. The molecule has 0 amide bonds. The lowest BCUT2D eigenvalue weighted by Crippen LogP contribution is -2.16. The van der Waals surface area contributed by atoms with E-state index in [4.69, 9.17) is 10.5 Å². The number of benzene rings is 1. The van der Waals surface area contributed by atoms with Crippen LogP contribution in [0, 0.1) is 0 Å². The van der Waals surface area contributed by atoms with Gasteiger partial charge in [-0.2, -0.15) is 13.2 Å². The average Bonchev–Trinajstić information content (AvgIpc) is 2.33. The second-order valence-corrected chi connectivity index (χ2v) is 5.49. The number of rotatable bonds is 4. The van der Waals surface area contributed by atoms with E-state index in [1.165, 1.54) is 13.2 Å². The molecule has 1 atom stereocenters. The number of halogens is 6. The van der Waals surface area contributed by atoms with E-state index in [9.17, 15) is 18.3 Å². The summed E-state index contributed by atoms with van der Waals surface area (Å²) in [6.07, 6.45) is -5.47. The number of hydrogen-bond acceptors (Lipinski definition) is 3. The third kappa shape index (κ3) is 4.98. The number of aromatic hydroxyl groups is 1. The second kappa shape index (κ2) is 7.72. The SMILES string of the molecule is COc1cc([C@@H](N)CCC(F)(F)F)c(Br)c(Br)c1O.Cl. The fourth-order valence-electron chi connectivity index (χ4n) is 1.51. The van der Waals surface area contributed by atoms with Gasteiger partial charge in [0.1, 0.15) is 0 Å². The van der Waals surface area contributed by atoms with Crippen molar-refractivity contribution in [3.63, 3.8) is 0 Å². The average molecular weight is 443 g/mol. The summed E-state index contributed by atoms with van der Waals surface area (Å²) in [5.41, 5.74) is 6.19. The van der Waals surface area contributed by atoms with Gasteiger partial charge in [0.25, 0.3) is 0 Å². The number of hydrogen-bond donors (Lipinski definition) is 2. The Bertz CT molecular complexity index is 472. The van der Waals surface area contributed by atoms with Crippen molar-refractivity contribution in [2.24, 2.45) is 5.73 Å². The molecule has 0 spiro atoms. The van der Waals surface area contributed by atoms with Gasteiger partial charge < -0.3 is 15.6 Å². The molecule has 1 rings (SSSR count). The summed E-state index contributed by atoms with van der Waals surface area (Å²) in [5, 5.41) is 9.72. The molecule has 9 heteroatoms. The van der Waals surface area contributed by atoms with Crippen molar-refractivity contribution in [2.75, 3.05) is 7.11 Å². The molecule has 0 bridgehead atoms. The van der Waals surface area contributed by atoms with Gasteiger partial charge in [-0.1, -0.05) is 0 Å². The summed E-state index contributed by atoms with van der Waals surface area (Å²) in [4.78, 5) is 0. The van der Waals surface area contributed by atoms with E-state index in [-0.39, 0.29) is 30.3 Å². The van der Waals surface area contributed by atoms with Gasteiger partial charge in [-0.25, -0.2) is 0 Å². The molecule has 20 heavy (non-hydrogen) atoms. The summed E-state index contributed by atoms with van der Waals surface area (Å²) in [6, 6.07) is 0.604. The van der Waals surface area contributed by atoms with Crippen molar-refractivity contribution < 1.29 is 23.0 Å². The zero-order valence-electron chi connectivity index (χ0n) is 10.3. The van der Waals surface area contributed by atoms with Crippen LogP contribution in [-0.2, 0) is 0 Å². The zero-order valence-corrected chi connectivity index (χ0v) is 14.3. The van der Waals surface area contributed by atoms with Crippen LogP contribution < -0.4 is 10.5 Å². The van der Waals surface area contributed by atoms with Crippen molar-refractivity contribution >= 4 is 44.3 Å². The number of nitrogens with two attached hydrogens (primary N) is 1. The number of ether oxygens (including phenoxy) is 1. The largest absolute Gasteiger partial charge is 0.503 e. The molecule has 0 saturated heterocycles. The molecule has 0 heterocycles. The van der Waals surface area contributed by atoms with Crippen LogP contribution in [0.15, 0.2) is 15.0 Å². The van der Waals surface area contributed by atoms with Crippen molar-refractivity contribution in [3.05, 3.63) is 20.6 Å². The van der Waals surface area contributed by atoms with Gasteiger partial charge in [0.15, 0.2) is 11.5 Å². The van der Waals surface area contributed by atoms with Crippen LogP contribution in [0.5, 0.6) is 11.5 Å². The standard InChI is InChI=1S/C11H12Br2F3NO2.ClH/c1-19-7-4-5(8(12)9(13)10(7)18)6(17)2-3-11(14,15)16;/h4,6,18H,2-3,17H2,1H3;1H/t6-;/m0./s1. The van der Waals surface area contributed by atoms with E-state index >= 15 is 0 Å². The molecule has 3 N–H and O–H groups in total. The molecule has 0 aliphatic carbocycles.